The van der Waals surface area contributed by atoms with Crippen molar-refractivity contribution in [2.24, 2.45) is 5.92 Å². The van der Waals surface area contributed by atoms with E-state index >= 15 is 0 Å². The van der Waals surface area contributed by atoms with Crippen LogP contribution in [0.5, 0.6) is 0 Å². The van der Waals surface area contributed by atoms with Gasteiger partial charge in [-0.2, -0.15) is 5.26 Å². The summed E-state index contributed by atoms with van der Waals surface area (Å²) in [6, 6.07) is 16.0. The first-order valence-electron chi connectivity index (χ1n) is 11.1. The van der Waals surface area contributed by atoms with Crippen molar-refractivity contribution >= 4 is 5.91 Å². The number of aromatic amines is 1. The average molecular weight is 440 g/mol. The van der Waals surface area contributed by atoms with E-state index in [4.69, 9.17) is 4.42 Å². The van der Waals surface area contributed by atoms with E-state index in [1.807, 2.05) is 35.4 Å². The molecule has 33 heavy (non-hydrogen) atoms. The molecule has 2 atom stereocenters. The number of imidazole rings is 1. The summed E-state index contributed by atoms with van der Waals surface area (Å²) in [5.41, 5.74) is 4.26. The molecule has 3 aromatic rings. The molecule has 3 heterocycles. The molecule has 1 saturated heterocycles. The maximum atomic E-state index is 13.5. The number of nitrogens with zero attached hydrogens (tertiary/aromatic N) is 4. The highest BCUT2D eigenvalue weighted by molar-refractivity contribution is 5.92. The minimum atomic E-state index is -0.191. The van der Waals surface area contributed by atoms with Crippen molar-refractivity contribution in [1.29, 1.82) is 5.26 Å². The van der Waals surface area contributed by atoms with Crippen molar-refractivity contribution in [2.75, 3.05) is 13.1 Å². The normalized spacial score (nSPS) is 20.3. The van der Waals surface area contributed by atoms with Gasteiger partial charge in [0.2, 0.25) is 0 Å². The van der Waals surface area contributed by atoms with Crippen LogP contribution in [-0.4, -0.2) is 44.8 Å². The molecule has 0 bridgehead atoms. The van der Waals surface area contributed by atoms with Crippen LogP contribution in [0.15, 0.2) is 89.1 Å². The summed E-state index contributed by atoms with van der Waals surface area (Å²) < 4.78 is 5.47. The first kappa shape index (κ1) is 20.8. The van der Waals surface area contributed by atoms with Crippen LogP contribution in [0, 0.1) is 17.2 Å². The van der Waals surface area contributed by atoms with Gasteiger partial charge in [0.05, 0.1) is 42.9 Å². The number of nitriles is 1. The number of H-pyrrole nitrogens is 1. The first-order valence-corrected chi connectivity index (χ1v) is 11.1. The van der Waals surface area contributed by atoms with E-state index < -0.39 is 0 Å². The second-order valence-electron chi connectivity index (χ2n) is 8.46. The predicted molar refractivity (Wildman–Crippen MR) is 123 cm³/mol. The molecule has 0 radical (unpaired) electrons. The number of aromatic nitrogens is 2. The van der Waals surface area contributed by atoms with Gasteiger partial charge in [-0.15, -0.1) is 0 Å². The Hall–Kier alpha value is -4.05. The van der Waals surface area contributed by atoms with Crippen molar-refractivity contribution in [3.63, 3.8) is 0 Å². The number of furan rings is 1. The standard InChI is InChI=1S/C26H25N5O2/c27-13-20-8-9-24-21(11-20)15-31(26(32)25-7-4-10-33-25)23(12-19-5-2-1-3-6-19)17-30(24)16-22-14-28-18-29-22/h1-7,9-11,14,18,20,23H,8,12,15-17H2,(H,28,29)/t20?,23-/m1/s1. The van der Waals surface area contributed by atoms with Gasteiger partial charge in [-0.25, -0.2) is 4.98 Å². The number of amides is 1. The molecule has 5 rings (SSSR count). The van der Waals surface area contributed by atoms with Gasteiger partial charge < -0.3 is 19.2 Å². The molecule has 166 valence electrons. The van der Waals surface area contributed by atoms with E-state index in [0.717, 1.165) is 23.4 Å². The SMILES string of the molecule is N#CC1C=C2CN(C(=O)c3ccco3)[C@H](Cc3ccccc3)CN(Cc3cnc[nH]3)C2=CC1. The fraction of sp³-hybridized carbons (Fsp3) is 0.269. The molecule has 1 aliphatic carbocycles. The highest BCUT2D eigenvalue weighted by Crippen LogP contribution is 2.32. The fourth-order valence-corrected chi connectivity index (χ4v) is 4.65. The van der Waals surface area contributed by atoms with E-state index in [9.17, 15) is 10.1 Å². The molecule has 0 saturated carbocycles. The van der Waals surface area contributed by atoms with Gasteiger partial charge in [-0.05, 0) is 36.1 Å². The van der Waals surface area contributed by atoms with Gasteiger partial charge >= 0.3 is 0 Å². The summed E-state index contributed by atoms with van der Waals surface area (Å²) in [5, 5.41) is 9.55. The number of carbonyl (C=O) groups is 1. The Balaban J connectivity index is 1.55. The van der Waals surface area contributed by atoms with E-state index in [1.54, 1.807) is 18.5 Å². The number of rotatable bonds is 5. The summed E-state index contributed by atoms with van der Waals surface area (Å²) in [5.74, 6) is 0.00139. The number of hydrogen-bond donors (Lipinski definition) is 1. The number of hydrogen-bond acceptors (Lipinski definition) is 5. The van der Waals surface area contributed by atoms with Crippen LogP contribution in [0.1, 0.15) is 28.2 Å². The lowest BCUT2D eigenvalue weighted by molar-refractivity contribution is 0.0652. The highest BCUT2D eigenvalue weighted by atomic mass is 16.3. The van der Waals surface area contributed by atoms with Crippen LogP contribution in [0.2, 0.25) is 0 Å². The predicted octanol–water partition coefficient (Wildman–Crippen LogP) is 3.93. The molecular formula is C26H25N5O2. The summed E-state index contributed by atoms with van der Waals surface area (Å²) in [6.45, 7) is 1.73. The maximum Gasteiger partial charge on any atom is 0.290 e. The average Bonchev–Trinajstić information content (AvgIpc) is 3.54. The number of allylic oxidation sites excluding steroid dienone is 2. The van der Waals surface area contributed by atoms with Gasteiger partial charge in [-0.3, -0.25) is 4.79 Å². The molecule has 1 amide bonds. The van der Waals surface area contributed by atoms with Crippen molar-refractivity contribution in [2.45, 2.75) is 25.4 Å². The Morgan fingerprint density at radius 2 is 2.12 bits per heavy atom. The molecule has 7 heteroatoms. The number of fused-ring (bicyclic) bond motifs is 1. The Labute approximate surface area is 192 Å². The third kappa shape index (κ3) is 4.46. The molecule has 2 aliphatic rings. The first-order chi connectivity index (χ1) is 16.2. The second-order valence-corrected chi connectivity index (χ2v) is 8.46. The molecule has 1 fully saturated rings. The van der Waals surface area contributed by atoms with E-state index in [0.29, 0.717) is 31.8 Å². The minimum absolute atomic E-state index is 0.0825. The molecule has 1 aliphatic heterocycles. The maximum absolute atomic E-state index is 13.5. The third-order valence-corrected chi connectivity index (χ3v) is 6.24. The Bertz CT molecular complexity index is 1190. The lowest BCUT2D eigenvalue weighted by Gasteiger charge is -2.32. The largest absolute Gasteiger partial charge is 0.459 e. The van der Waals surface area contributed by atoms with Gasteiger partial charge in [0, 0.05) is 25.0 Å². The zero-order chi connectivity index (χ0) is 22.6. The van der Waals surface area contributed by atoms with Crippen molar-refractivity contribution in [1.82, 2.24) is 19.8 Å². The van der Waals surface area contributed by atoms with Crippen LogP contribution in [0.4, 0.5) is 0 Å². The summed E-state index contributed by atoms with van der Waals surface area (Å²) in [4.78, 5) is 25.1. The van der Waals surface area contributed by atoms with Crippen molar-refractivity contribution in [3.8, 4) is 6.07 Å². The topological polar surface area (TPSA) is 89.2 Å². The molecule has 1 N–H and O–H groups in total. The highest BCUT2D eigenvalue weighted by Gasteiger charge is 2.35. The smallest absolute Gasteiger partial charge is 0.290 e. The second kappa shape index (κ2) is 9.21. The summed E-state index contributed by atoms with van der Waals surface area (Å²) in [7, 11) is 0. The zero-order valence-electron chi connectivity index (χ0n) is 18.2. The molecule has 0 spiro atoms. The molecule has 1 unspecified atom stereocenters. The van der Waals surface area contributed by atoms with Crippen molar-refractivity contribution < 1.29 is 9.21 Å². The lowest BCUT2D eigenvalue weighted by Crippen LogP contribution is -2.45. The summed E-state index contributed by atoms with van der Waals surface area (Å²) in [6.07, 6.45) is 10.6. The Kier molecular flexibility index (Phi) is 5.81. The molecular weight excluding hydrogens is 414 g/mol. The monoisotopic (exact) mass is 439 g/mol. The molecule has 2 aromatic heterocycles. The van der Waals surface area contributed by atoms with E-state index in [2.05, 4.69) is 39.1 Å². The van der Waals surface area contributed by atoms with Crippen LogP contribution in [-0.2, 0) is 13.0 Å². The number of benzene rings is 1. The fourth-order valence-electron chi connectivity index (χ4n) is 4.65. The minimum Gasteiger partial charge on any atom is -0.459 e. The van der Waals surface area contributed by atoms with Gasteiger partial charge in [-0.1, -0.05) is 42.5 Å². The van der Waals surface area contributed by atoms with Gasteiger partial charge in [0.15, 0.2) is 5.76 Å². The van der Waals surface area contributed by atoms with E-state index in [1.165, 1.54) is 11.8 Å². The van der Waals surface area contributed by atoms with Gasteiger partial charge in [0.25, 0.3) is 5.91 Å². The third-order valence-electron chi connectivity index (χ3n) is 6.24. The number of carbonyl (C=O) groups excluding carboxylic acids is 1. The number of nitrogens with one attached hydrogen (secondary N) is 1. The van der Waals surface area contributed by atoms with Crippen LogP contribution < -0.4 is 0 Å². The quantitative estimate of drug-likeness (QED) is 0.651. The van der Waals surface area contributed by atoms with Crippen molar-refractivity contribution in [3.05, 3.63) is 102 Å². The van der Waals surface area contributed by atoms with E-state index in [-0.39, 0.29) is 17.9 Å². The molecule has 7 nitrogen and oxygen atoms in total. The summed E-state index contributed by atoms with van der Waals surface area (Å²) >= 11 is 0. The lowest BCUT2D eigenvalue weighted by atomic mass is 9.94. The molecule has 1 aromatic carbocycles. The van der Waals surface area contributed by atoms with Gasteiger partial charge in [0.1, 0.15) is 0 Å². The van der Waals surface area contributed by atoms with Crippen LogP contribution >= 0.6 is 0 Å². The Morgan fingerprint density at radius 3 is 2.85 bits per heavy atom. The van der Waals surface area contributed by atoms with Crippen LogP contribution in [0.3, 0.4) is 0 Å². The zero-order valence-corrected chi connectivity index (χ0v) is 18.2. The Morgan fingerprint density at radius 1 is 1.24 bits per heavy atom. The van der Waals surface area contributed by atoms with Crippen LogP contribution in [0.25, 0.3) is 0 Å².